The highest BCUT2D eigenvalue weighted by atomic mass is 127. The Hall–Kier alpha value is -1.90. The molecule has 0 aliphatic heterocycles. The molecule has 0 fully saturated rings. The van der Waals surface area contributed by atoms with Crippen molar-refractivity contribution in [2.45, 2.75) is 13.0 Å². The lowest BCUT2D eigenvalue weighted by atomic mass is 10.1. The molecule has 0 amide bonds. The van der Waals surface area contributed by atoms with E-state index in [0.717, 1.165) is 17.5 Å². The quantitative estimate of drug-likeness (QED) is 0.394. The number of hydrogen-bond donors (Lipinski definition) is 2. The van der Waals surface area contributed by atoms with E-state index in [-0.39, 0.29) is 35.5 Å². The molecule has 0 atom stereocenters. The molecule has 0 saturated carbocycles. The highest BCUT2D eigenvalue weighted by Gasteiger charge is 2.04. The first-order valence-electron chi connectivity index (χ1n) is 7.63. The molecule has 2 aromatic carbocycles. The summed E-state index contributed by atoms with van der Waals surface area (Å²) in [6.45, 7) is 1.10. The molecule has 0 aromatic heterocycles. The molecule has 0 bridgehead atoms. The van der Waals surface area contributed by atoms with Crippen LogP contribution in [0.1, 0.15) is 11.1 Å². The van der Waals surface area contributed by atoms with Crippen LogP contribution in [0.5, 0.6) is 5.75 Å². The molecule has 0 aliphatic rings. The van der Waals surface area contributed by atoms with E-state index in [1.807, 2.05) is 0 Å². The molecule has 2 N–H and O–H groups in total. The third-order valence-corrected chi connectivity index (χ3v) is 3.52. The summed E-state index contributed by atoms with van der Waals surface area (Å²) in [5.74, 6) is 0.209. The third kappa shape index (κ3) is 6.85. The van der Waals surface area contributed by atoms with Gasteiger partial charge in [0.25, 0.3) is 0 Å². The highest BCUT2D eigenvalue weighted by Crippen LogP contribution is 2.17. The van der Waals surface area contributed by atoms with Crippen LogP contribution >= 0.6 is 24.0 Å². The Kier molecular flexibility index (Phi) is 9.18. The van der Waals surface area contributed by atoms with Gasteiger partial charge in [-0.05, 0) is 41.8 Å². The number of rotatable bonds is 6. The van der Waals surface area contributed by atoms with Crippen LogP contribution in [-0.2, 0) is 13.0 Å². The summed E-state index contributed by atoms with van der Waals surface area (Å²) < 4.78 is 31.4. The molecular formula is C18H22F2IN3O. The largest absolute Gasteiger partial charge is 0.494 e. The van der Waals surface area contributed by atoms with Crippen LogP contribution in [0.25, 0.3) is 0 Å². The van der Waals surface area contributed by atoms with Crippen molar-refractivity contribution >= 4 is 29.9 Å². The number of halogens is 3. The molecule has 25 heavy (non-hydrogen) atoms. The Bertz CT molecular complexity index is 693. The number of guanidine groups is 1. The fourth-order valence-electron chi connectivity index (χ4n) is 2.20. The molecule has 0 spiro atoms. The highest BCUT2D eigenvalue weighted by molar-refractivity contribution is 14.0. The van der Waals surface area contributed by atoms with Gasteiger partial charge in [0.05, 0.1) is 7.11 Å². The summed E-state index contributed by atoms with van der Waals surface area (Å²) in [7, 11) is 3.10. The van der Waals surface area contributed by atoms with Crippen LogP contribution in [0.15, 0.2) is 47.5 Å². The summed E-state index contributed by atoms with van der Waals surface area (Å²) in [6, 6.07) is 11.2. The fraction of sp³-hybridized carbons (Fsp3) is 0.278. The number of ether oxygens (including phenoxy) is 1. The minimum absolute atomic E-state index is 0. The van der Waals surface area contributed by atoms with Crippen molar-refractivity contribution in [3.63, 3.8) is 0 Å². The van der Waals surface area contributed by atoms with E-state index in [1.165, 1.54) is 25.3 Å². The van der Waals surface area contributed by atoms with E-state index in [2.05, 4.69) is 15.6 Å². The predicted molar refractivity (Wildman–Crippen MR) is 107 cm³/mol. The first kappa shape index (κ1) is 21.1. The molecule has 7 heteroatoms. The second-order valence-electron chi connectivity index (χ2n) is 5.20. The SMILES string of the molecule is CN=C(NCCc1ccc(F)cc1)NCc1ccc(OC)c(F)c1.I. The first-order chi connectivity index (χ1) is 11.6. The Morgan fingerprint density at radius 1 is 1.04 bits per heavy atom. The zero-order valence-corrected chi connectivity index (χ0v) is 16.5. The average Bonchev–Trinajstić information content (AvgIpc) is 2.59. The Morgan fingerprint density at radius 2 is 1.72 bits per heavy atom. The predicted octanol–water partition coefficient (Wildman–Crippen LogP) is 3.50. The Morgan fingerprint density at radius 3 is 2.32 bits per heavy atom. The summed E-state index contributed by atoms with van der Waals surface area (Å²) >= 11 is 0. The van der Waals surface area contributed by atoms with Crippen LogP contribution in [0.2, 0.25) is 0 Å². The van der Waals surface area contributed by atoms with Gasteiger partial charge in [-0.25, -0.2) is 8.78 Å². The van der Waals surface area contributed by atoms with Crippen molar-refractivity contribution < 1.29 is 13.5 Å². The minimum Gasteiger partial charge on any atom is -0.494 e. The summed E-state index contributed by atoms with van der Waals surface area (Å²) in [6.07, 6.45) is 0.748. The van der Waals surface area contributed by atoms with Crippen molar-refractivity contribution in [2.24, 2.45) is 4.99 Å². The van der Waals surface area contributed by atoms with Crippen molar-refractivity contribution in [3.8, 4) is 5.75 Å². The maximum Gasteiger partial charge on any atom is 0.191 e. The van der Waals surface area contributed by atoms with E-state index in [9.17, 15) is 8.78 Å². The van der Waals surface area contributed by atoms with Crippen LogP contribution in [0.4, 0.5) is 8.78 Å². The van der Waals surface area contributed by atoms with Gasteiger partial charge < -0.3 is 15.4 Å². The zero-order chi connectivity index (χ0) is 17.4. The van der Waals surface area contributed by atoms with E-state index in [0.29, 0.717) is 19.0 Å². The maximum absolute atomic E-state index is 13.7. The number of aliphatic imine (C=N–C) groups is 1. The van der Waals surface area contributed by atoms with Crippen molar-refractivity contribution in [3.05, 3.63) is 65.2 Å². The molecular weight excluding hydrogens is 439 g/mol. The van der Waals surface area contributed by atoms with E-state index < -0.39 is 5.82 Å². The number of hydrogen-bond acceptors (Lipinski definition) is 2. The molecule has 0 radical (unpaired) electrons. The number of benzene rings is 2. The lowest BCUT2D eigenvalue weighted by molar-refractivity contribution is 0.386. The monoisotopic (exact) mass is 461 g/mol. The standard InChI is InChI=1S/C18H21F2N3O.HI/c1-21-18(22-10-9-13-3-6-15(19)7-4-13)23-12-14-5-8-17(24-2)16(20)11-14;/h3-8,11H,9-10,12H2,1-2H3,(H2,21,22,23);1H. The van der Waals surface area contributed by atoms with Gasteiger partial charge in [-0.15, -0.1) is 24.0 Å². The van der Waals surface area contributed by atoms with Crippen LogP contribution in [0, 0.1) is 11.6 Å². The van der Waals surface area contributed by atoms with Crippen LogP contribution < -0.4 is 15.4 Å². The number of methoxy groups -OCH3 is 1. The number of nitrogens with one attached hydrogen (secondary N) is 2. The Balaban J connectivity index is 0.00000312. The van der Waals surface area contributed by atoms with Crippen LogP contribution in [-0.4, -0.2) is 26.7 Å². The van der Waals surface area contributed by atoms with Gasteiger partial charge >= 0.3 is 0 Å². The van der Waals surface area contributed by atoms with E-state index in [4.69, 9.17) is 4.74 Å². The van der Waals surface area contributed by atoms with E-state index >= 15 is 0 Å². The second kappa shape index (κ2) is 10.9. The summed E-state index contributed by atoms with van der Waals surface area (Å²) in [5, 5.41) is 6.28. The normalized spacial score (nSPS) is 10.8. The van der Waals surface area contributed by atoms with Crippen molar-refractivity contribution in [2.75, 3.05) is 20.7 Å². The topological polar surface area (TPSA) is 45.7 Å². The van der Waals surface area contributed by atoms with Crippen molar-refractivity contribution in [1.29, 1.82) is 0 Å². The van der Waals surface area contributed by atoms with Gasteiger partial charge in [-0.3, -0.25) is 4.99 Å². The minimum atomic E-state index is -0.393. The molecule has 0 saturated heterocycles. The molecule has 2 aromatic rings. The molecule has 0 heterocycles. The van der Waals surface area contributed by atoms with Crippen LogP contribution in [0.3, 0.4) is 0 Å². The smallest absolute Gasteiger partial charge is 0.191 e. The first-order valence-corrected chi connectivity index (χ1v) is 7.63. The van der Waals surface area contributed by atoms with Crippen molar-refractivity contribution in [1.82, 2.24) is 10.6 Å². The number of nitrogens with zero attached hydrogens (tertiary/aromatic N) is 1. The van der Waals surface area contributed by atoms with Gasteiger partial charge in [0.2, 0.25) is 0 Å². The van der Waals surface area contributed by atoms with Gasteiger partial charge in [0.15, 0.2) is 17.5 Å². The average molecular weight is 461 g/mol. The Labute approximate surface area is 163 Å². The van der Waals surface area contributed by atoms with Gasteiger partial charge in [0, 0.05) is 20.1 Å². The molecule has 136 valence electrons. The maximum atomic E-state index is 13.7. The third-order valence-electron chi connectivity index (χ3n) is 3.52. The fourth-order valence-corrected chi connectivity index (χ4v) is 2.20. The molecule has 0 aliphatic carbocycles. The van der Waals surface area contributed by atoms with Gasteiger partial charge in [-0.2, -0.15) is 0 Å². The van der Waals surface area contributed by atoms with Gasteiger partial charge in [0.1, 0.15) is 5.82 Å². The molecule has 4 nitrogen and oxygen atoms in total. The zero-order valence-electron chi connectivity index (χ0n) is 14.2. The molecule has 2 rings (SSSR count). The molecule has 0 unspecified atom stereocenters. The van der Waals surface area contributed by atoms with E-state index in [1.54, 1.807) is 31.3 Å². The lowest BCUT2D eigenvalue weighted by Crippen LogP contribution is -2.37. The summed E-state index contributed by atoms with van der Waals surface area (Å²) in [4.78, 5) is 4.12. The lowest BCUT2D eigenvalue weighted by Gasteiger charge is -2.12. The van der Waals surface area contributed by atoms with Gasteiger partial charge in [-0.1, -0.05) is 18.2 Å². The summed E-state index contributed by atoms with van der Waals surface area (Å²) in [5.41, 5.74) is 1.83. The second-order valence-corrected chi connectivity index (χ2v) is 5.20.